The molecule has 9 heteroatoms. The molecule has 7 nitrogen and oxygen atoms in total. The zero-order chi connectivity index (χ0) is 15.5. The first-order chi connectivity index (χ1) is 10.6. The van der Waals surface area contributed by atoms with Crippen LogP contribution in [0.25, 0.3) is 0 Å². The van der Waals surface area contributed by atoms with E-state index < -0.39 is 18.8 Å². The molecule has 2 unspecified atom stereocenters. The van der Waals surface area contributed by atoms with Crippen molar-refractivity contribution < 1.29 is 13.6 Å². The highest BCUT2D eigenvalue weighted by atomic mass is 19.3. The van der Waals surface area contributed by atoms with E-state index in [-0.39, 0.29) is 12.3 Å². The highest BCUT2D eigenvalue weighted by molar-refractivity contribution is 5.77. The zero-order valence-electron chi connectivity index (χ0n) is 12.0. The summed E-state index contributed by atoms with van der Waals surface area (Å²) < 4.78 is 25.7. The van der Waals surface area contributed by atoms with Crippen LogP contribution in [0.5, 0.6) is 0 Å². The average molecular weight is 312 g/mol. The molecule has 0 spiro atoms. The van der Waals surface area contributed by atoms with Gasteiger partial charge in [-0.25, -0.2) is 18.7 Å². The van der Waals surface area contributed by atoms with Crippen molar-refractivity contribution in [3.8, 4) is 0 Å². The second kappa shape index (κ2) is 6.49. The van der Waals surface area contributed by atoms with Gasteiger partial charge >= 0.3 is 0 Å². The number of nitrogens with one attached hydrogen (secondary N) is 2. The second-order valence-corrected chi connectivity index (χ2v) is 5.35. The molecule has 0 bridgehead atoms. The normalized spacial score (nSPS) is 27.0. The summed E-state index contributed by atoms with van der Waals surface area (Å²) in [5, 5.41) is 5.52. The Morgan fingerprint density at radius 1 is 1.18 bits per heavy atom. The molecule has 2 N–H and O–H groups in total. The fourth-order valence-corrected chi connectivity index (χ4v) is 2.71. The largest absolute Gasteiger partial charge is 0.338 e. The minimum Gasteiger partial charge on any atom is -0.338 e. The topological polar surface area (TPSA) is 73.4 Å². The zero-order valence-corrected chi connectivity index (χ0v) is 12.0. The van der Waals surface area contributed by atoms with E-state index in [1.165, 1.54) is 0 Å². The number of carbonyl (C=O) groups is 1. The number of amides is 1. The fraction of sp³-hybridized carbons (Fsp3) is 0.615. The monoisotopic (exact) mass is 312 g/mol. The summed E-state index contributed by atoms with van der Waals surface area (Å²) in [6.45, 7) is 2.62. The van der Waals surface area contributed by atoms with Gasteiger partial charge in [-0.3, -0.25) is 15.0 Å². The highest BCUT2D eigenvalue weighted by Gasteiger charge is 2.35. The number of alkyl halides is 2. The van der Waals surface area contributed by atoms with Gasteiger partial charge in [-0.1, -0.05) is 0 Å². The van der Waals surface area contributed by atoms with Gasteiger partial charge in [0, 0.05) is 45.0 Å². The van der Waals surface area contributed by atoms with Gasteiger partial charge in [-0.15, -0.1) is 0 Å². The summed E-state index contributed by atoms with van der Waals surface area (Å²) in [6.07, 6.45) is 0.0912. The summed E-state index contributed by atoms with van der Waals surface area (Å²) in [6, 6.07) is 0.667. The number of nitrogens with zero attached hydrogens (tertiary/aromatic N) is 4. The molecule has 2 atom stereocenters. The maximum atomic E-state index is 12.8. The third-order valence-electron chi connectivity index (χ3n) is 3.89. The Bertz CT molecular complexity index is 509. The lowest BCUT2D eigenvalue weighted by Crippen LogP contribution is -2.67. The van der Waals surface area contributed by atoms with Crippen molar-refractivity contribution in [2.75, 3.05) is 31.1 Å². The fourth-order valence-electron chi connectivity index (χ4n) is 2.71. The first-order valence-corrected chi connectivity index (χ1v) is 7.23. The molecule has 3 heterocycles. The van der Waals surface area contributed by atoms with Crippen LogP contribution in [-0.4, -0.2) is 65.7 Å². The summed E-state index contributed by atoms with van der Waals surface area (Å²) >= 11 is 0. The van der Waals surface area contributed by atoms with Gasteiger partial charge in [0.1, 0.15) is 6.29 Å². The third-order valence-corrected chi connectivity index (χ3v) is 3.89. The van der Waals surface area contributed by atoms with Crippen molar-refractivity contribution in [2.45, 2.75) is 25.2 Å². The number of hydrogen-bond acceptors (Lipinski definition) is 6. The molecule has 0 aromatic carbocycles. The van der Waals surface area contributed by atoms with Crippen molar-refractivity contribution in [1.29, 1.82) is 0 Å². The van der Waals surface area contributed by atoms with Crippen LogP contribution in [0.4, 0.5) is 14.7 Å². The maximum Gasteiger partial charge on any atom is 0.254 e. The summed E-state index contributed by atoms with van der Waals surface area (Å²) in [7, 11) is 0. The first kappa shape index (κ1) is 15.0. The van der Waals surface area contributed by atoms with Gasteiger partial charge in [0.2, 0.25) is 11.9 Å². The second-order valence-electron chi connectivity index (χ2n) is 5.35. The molecule has 0 saturated carbocycles. The lowest BCUT2D eigenvalue weighted by molar-refractivity contribution is -0.129. The van der Waals surface area contributed by atoms with Crippen LogP contribution in [0.15, 0.2) is 18.5 Å². The van der Waals surface area contributed by atoms with E-state index in [1.54, 1.807) is 18.5 Å². The number of aromatic nitrogens is 2. The Labute approximate surface area is 126 Å². The van der Waals surface area contributed by atoms with Gasteiger partial charge in [-0.05, 0) is 6.07 Å². The van der Waals surface area contributed by atoms with Gasteiger partial charge in [0.25, 0.3) is 6.43 Å². The minimum absolute atomic E-state index is 0.189. The number of anilines is 1. The molecule has 1 amide bonds. The third kappa shape index (κ3) is 3.30. The Balaban J connectivity index is 1.58. The van der Waals surface area contributed by atoms with E-state index in [9.17, 15) is 13.6 Å². The van der Waals surface area contributed by atoms with Crippen LogP contribution in [0.3, 0.4) is 0 Å². The maximum absolute atomic E-state index is 12.8. The van der Waals surface area contributed by atoms with Gasteiger partial charge in [0.05, 0.1) is 6.04 Å². The average Bonchev–Trinajstić information content (AvgIpc) is 2.55. The molecule has 0 aliphatic carbocycles. The number of carbonyl (C=O) groups excluding carboxylic acids is 1. The number of piperazine rings is 1. The summed E-state index contributed by atoms with van der Waals surface area (Å²) in [4.78, 5) is 24.0. The molecule has 1 aromatic heterocycles. The van der Waals surface area contributed by atoms with Gasteiger partial charge in [0.15, 0.2) is 0 Å². The van der Waals surface area contributed by atoms with Crippen molar-refractivity contribution in [3.63, 3.8) is 0 Å². The van der Waals surface area contributed by atoms with Gasteiger partial charge in [-0.2, -0.15) is 0 Å². The molecule has 0 radical (unpaired) electrons. The van der Waals surface area contributed by atoms with Crippen LogP contribution in [-0.2, 0) is 4.79 Å². The van der Waals surface area contributed by atoms with Crippen molar-refractivity contribution >= 4 is 11.9 Å². The standard InChI is InChI=1S/C13H18F2N6O/c14-11(15)9-8-10(22)19-13(18-9)21-6-4-20(5-7-21)12-16-2-1-3-17-12/h1-3,9,11,13,18H,4-8H2,(H,19,22). The van der Waals surface area contributed by atoms with Crippen molar-refractivity contribution in [2.24, 2.45) is 0 Å². The predicted molar refractivity (Wildman–Crippen MR) is 75.3 cm³/mol. The molecular weight excluding hydrogens is 294 g/mol. The van der Waals surface area contributed by atoms with Crippen LogP contribution in [0.2, 0.25) is 0 Å². The lowest BCUT2D eigenvalue weighted by Gasteiger charge is -2.42. The van der Waals surface area contributed by atoms with E-state index in [4.69, 9.17) is 0 Å². The molecule has 2 aliphatic rings. The summed E-state index contributed by atoms with van der Waals surface area (Å²) in [5.74, 6) is 0.316. The number of rotatable bonds is 3. The number of hydrogen-bond donors (Lipinski definition) is 2. The molecule has 2 fully saturated rings. The van der Waals surface area contributed by atoms with E-state index >= 15 is 0 Å². The Morgan fingerprint density at radius 2 is 1.86 bits per heavy atom. The van der Waals surface area contributed by atoms with E-state index in [1.807, 2.05) is 9.80 Å². The molecule has 1 aromatic rings. The smallest absolute Gasteiger partial charge is 0.254 e. The Morgan fingerprint density at radius 3 is 2.50 bits per heavy atom. The number of halogens is 2. The molecule has 3 rings (SSSR count). The highest BCUT2D eigenvalue weighted by Crippen LogP contribution is 2.15. The van der Waals surface area contributed by atoms with Crippen LogP contribution < -0.4 is 15.5 Å². The van der Waals surface area contributed by atoms with Crippen molar-refractivity contribution in [3.05, 3.63) is 18.5 Å². The lowest BCUT2D eigenvalue weighted by atomic mass is 10.1. The Hall–Kier alpha value is -1.87. The SMILES string of the molecule is O=C1CC(C(F)F)NC(N2CCN(c3ncccn3)CC2)N1. The summed E-state index contributed by atoms with van der Waals surface area (Å²) in [5.41, 5.74) is 0. The predicted octanol–water partition coefficient (Wildman–Crippen LogP) is -0.375. The molecule has 120 valence electrons. The van der Waals surface area contributed by atoms with Crippen molar-refractivity contribution in [1.82, 2.24) is 25.5 Å². The van der Waals surface area contributed by atoms with Crippen LogP contribution >= 0.6 is 0 Å². The van der Waals surface area contributed by atoms with E-state index in [2.05, 4.69) is 20.6 Å². The molecular formula is C13H18F2N6O. The first-order valence-electron chi connectivity index (χ1n) is 7.23. The van der Waals surface area contributed by atoms with Crippen LogP contribution in [0.1, 0.15) is 6.42 Å². The minimum atomic E-state index is -2.55. The van der Waals surface area contributed by atoms with E-state index in [0.29, 0.717) is 32.1 Å². The molecule has 22 heavy (non-hydrogen) atoms. The molecule has 2 aliphatic heterocycles. The van der Waals surface area contributed by atoms with Crippen LogP contribution in [0, 0.1) is 0 Å². The van der Waals surface area contributed by atoms with Gasteiger partial charge < -0.3 is 10.2 Å². The Kier molecular flexibility index (Phi) is 4.44. The molecule has 2 saturated heterocycles. The quantitative estimate of drug-likeness (QED) is 0.793. The van der Waals surface area contributed by atoms with E-state index in [0.717, 1.165) is 0 Å².